The van der Waals surface area contributed by atoms with E-state index in [1.54, 1.807) is 25.3 Å². The van der Waals surface area contributed by atoms with Gasteiger partial charge in [0.15, 0.2) is 9.84 Å². The van der Waals surface area contributed by atoms with Gasteiger partial charge in [-0.05, 0) is 36.2 Å². The van der Waals surface area contributed by atoms with E-state index in [4.69, 9.17) is 0 Å². The van der Waals surface area contributed by atoms with Crippen molar-refractivity contribution in [2.75, 3.05) is 11.1 Å². The number of sulfone groups is 1. The standard InChI is InChI=1S/C21H24N4O3S/c1-3-29(27,28)20-9-5-8-19(13-20)24-21(26)23-14-17-6-4-7-18(12-17)15-25-11-10-22-16(25)2/h4-13H,3,14-15H2,1-2H3,(H2,23,24,26). The maximum Gasteiger partial charge on any atom is 0.319 e. The van der Waals surface area contributed by atoms with E-state index in [2.05, 4.69) is 20.2 Å². The lowest BCUT2D eigenvalue weighted by atomic mass is 10.1. The summed E-state index contributed by atoms with van der Waals surface area (Å²) in [5.74, 6) is 0.956. The highest BCUT2D eigenvalue weighted by Gasteiger charge is 2.12. The molecule has 0 fully saturated rings. The molecule has 0 saturated carbocycles. The first kappa shape index (κ1) is 20.6. The average molecular weight is 413 g/mol. The molecule has 0 bridgehead atoms. The number of urea groups is 1. The predicted octanol–water partition coefficient (Wildman–Crippen LogP) is 3.36. The van der Waals surface area contributed by atoms with Crippen LogP contribution in [-0.4, -0.2) is 29.8 Å². The van der Waals surface area contributed by atoms with Crippen LogP contribution in [-0.2, 0) is 22.9 Å². The second kappa shape index (κ2) is 8.91. The molecule has 1 heterocycles. The monoisotopic (exact) mass is 412 g/mol. The number of nitrogens with zero attached hydrogens (tertiary/aromatic N) is 2. The number of hydrogen-bond acceptors (Lipinski definition) is 4. The summed E-state index contributed by atoms with van der Waals surface area (Å²) >= 11 is 0. The summed E-state index contributed by atoms with van der Waals surface area (Å²) in [5.41, 5.74) is 2.52. The molecular weight excluding hydrogens is 388 g/mol. The van der Waals surface area contributed by atoms with Gasteiger partial charge in [0.25, 0.3) is 0 Å². The van der Waals surface area contributed by atoms with Crippen LogP contribution >= 0.6 is 0 Å². The van der Waals surface area contributed by atoms with Crippen molar-refractivity contribution in [3.63, 3.8) is 0 Å². The highest BCUT2D eigenvalue weighted by atomic mass is 32.2. The van der Waals surface area contributed by atoms with Crippen LogP contribution in [0.2, 0.25) is 0 Å². The maximum absolute atomic E-state index is 12.2. The number of hydrogen-bond donors (Lipinski definition) is 2. The molecule has 0 aliphatic rings. The minimum atomic E-state index is -3.32. The second-order valence-electron chi connectivity index (χ2n) is 6.66. The highest BCUT2D eigenvalue weighted by Crippen LogP contribution is 2.16. The second-order valence-corrected chi connectivity index (χ2v) is 8.94. The molecule has 8 heteroatoms. The molecule has 2 amide bonds. The van der Waals surface area contributed by atoms with Crippen molar-refractivity contribution in [1.82, 2.24) is 14.9 Å². The molecule has 2 aromatic carbocycles. The fourth-order valence-corrected chi connectivity index (χ4v) is 3.82. The molecule has 0 atom stereocenters. The Labute approximate surface area is 170 Å². The predicted molar refractivity (Wildman–Crippen MR) is 113 cm³/mol. The lowest BCUT2D eigenvalue weighted by Gasteiger charge is -2.11. The summed E-state index contributed by atoms with van der Waals surface area (Å²) in [4.78, 5) is 16.6. The lowest BCUT2D eigenvalue weighted by Crippen LogP contribution is -2.28. The van der Waals surface area contributed by atoms with Crippen LogP contribution in [0.1, 0.15) is 23.9 Å². The number of aryl methyl sites for hydroxylation is 1. The van der Waals surface area contributed by atoms with E-state index < -0.39 is 15.9 Å². The van der Waals surface area contributed by atoms with Crippen LogP contribution in [0.3, 0.4) is 0 Å². The zero-order valence-corrected chi connectivity index (χ0v) is 17.2. The fourth-order valence-electron chi connectivity index (χ4n) is 2.90. The molecule has 0 spiro atoms. The summed E-state index contributed by atoms with van der Waals surface area (Å²) in [5, 5.41) is 5.48. The van der Waals surface area contributed by atoms with E-state index in [-0.39, 0.29) is 10.6 Å². The van der Waals surface area contributed by atoms with E-state index in [0.29, 0.717) is 18.8 Å². The van der Waals surface area contributed by atoms with Gasteiger partial charge in [-0.2, -0.15) is 0 Å². The van der Waals surface area contributed by atoms with Crippen molar-refractivity contribution >= 4 is 21.6 Å². The molecule has 0 aliphatic heterocycles. The number of anilines is 1. The Morgan fingerprint density at radius 1 is 1.10 bits per heavy atom. The summed E-state index contributed by atoms with van der Waals surface area (Å²) in [6.45, 7) is 4.61. The number of carbonyl (C=O) groups is 1. The van der Waals surface area contributed by atoms with Crippen molar-refractivity contribution in [2.24, 2.45) is 0 Å². The first-order chi connectivity index (χ1) is 13.9. The van der Waals surface area contributed by atoms with Gasteiger partial charge in [0.05, 0.1) is 10.6 Å². The minimum absolute atomic E-state index is 0.0115. The largest absolute Gasteiger partial charge is 0.334 e. The molecule has 3 rings (SSSR count). The number of benzene rings is 2. The molecule has 0 radical (unpaired) electrons. The first-order valence-electron chi connectivity index (χ1n) is 9.30. The topological polar surface area (TPSA) is 93.1 Å². The normalized spacial score (nSPS) is 11.2. The van der Waals surface area contributed by atoms with Crippen LogP contribution in [0.4, 0.5) is 10.5 Å². The molecule has 0 aliphatic carbocycles. The molecule has 29 heavy (non-hydrogen) atoms. The number of imidazole rings is 1. The number of nitrogens with one attached hydrogen (secondary N) is 2. The van der Waals surface area contributed by atoms with Crippen LogP contribution in [0, 0.1) is 6.92 Å². The Bertz CT molecular complexity index is 1110. The number of aromatic nitrogens is 2. The van der Waals surface area contributed by atoms with Gasteiger partial charge < -0.3 is 15.2 Å². The van der Waals surface area contributed by atoms with Gasteiger partial charge in [0.1, 0.15) is 5.82 Å². The number of carbonyl (C=O) groups excluding carboxylic acids is 1. The third kappa shape index (κ3) is 5.45. The molecule has 1 aromatic heterocycles. The van der Waals surface area contributed by atoms with Gasteiger partial charge >= 0.3 is 6.03 Å². The van der Waals surface area contributed by atoms with Crippen molar-refractivity contribution in [3.05, 3.63) is 77.9 Å². The smallest absolute Gasteiger partial charge is 0.319 e. The van der Waals surface area contributed by atoms with Crippen LogP contribution in [0.5, 0.6) is 0 Å². The van der Waals surface area contributed by atoms with E-state index >= 15 is 0 Å². The highest BCUT2D eigenvalue weighted by molar-refractivity contribution is 7.91. The third-order valence-corrected chi connectivity index (χ3v) is 6.28. The van der Waals surface area contributed by atoms with E-state index in [9.17, 15) is 13.2 Å². The summed E-state index contributed by atoms with van der Waals surface area (Å²) in [7, 11) is -3.32. The Balaban J connectivity index is 1.59. The quantitative estimate of drug-likeness (QED) is 0.622. The number of rotatable bonds is 7. The Morgan fingerprint density at radius 2 is 1.86 bits per heavy atom. The molecule has 0 saturated heterocycles. The maximum atomic E-state index is 12.2. The Morgan fingerprint density at radius 3 is 2.59 bits per heavy atom. The van der Waals surface area contributed by atoms with E-state index in [1.807, 2.05) is 37.4 Å². The zero-order valence-electron chi connectivity index (χ0n) is 16.4. The summed E-state index contributed by atoms with van der Waals surface area (Å²) in [6, 6.07) is 13.8. The van der Waals surface area contributed by atoms with Crippen molar-refractivity contribution in [1.29, 1.82) is 0 Å². The van der Waals surface area contributed by atoms with Crippen LogP contribution < -0.4 is 10.6 Å². The van der Waals surface area contributed by atoms with Gasteiger partial charge in [0, 0.05) is 31.2 Å². The molecule has 7 nitrogen and oxygen atoms in total. The molecule has 3 aromatic rings. The van der Waals surface area contributed by atoms with Gasteiger partial charge in [-0.3, -0.25) is 0 Å². The molecule has 0 unspecified atom stereocenters. The lowest BCUT2D eigenvalue weighted by molar-refractivity contribution is 0.251. The van der Waals surface area contributed by atoms with Gasteiger partial charge in [0.2, 0.25) is 0 Å². The van der Waals surface area contributed by atoms with Crippen LogP contribution in [0.25, 0.3) is 0 Å². The molecule has 2 N–H and O–H groups in total. The summed E-state index contributed by atoms with van der Waals surface area (Å²) in [6.07, 6.45) is 3.70. The zero-order chi connectivity index (χ0) is 20.9. The first-order valence-corrected chi connectivity index (χ1v) is 11.0. The van der Waals surface area contributed by atoms with E-state index in [1.165, 1.54) is 12.1 Å². The van der Waals surface area contributed by atoms with Crippen molar-refractivity contribution < 1.29 is 13.2 Å². The third-order valence-electron chi connectivity index (χ3n) is 4.55. The van der Waals surface area contributed by atoms with Gasteiger partial charge in [-0.25, -0.2) is 18.2 Å². The van der Waals surface area contributed by atoms with Gasteiger partial charge in [-0.1, -0.05) is 37.3 Å². The van der Waals surface area contributed by atoms with Crippen molar-refractivity contribution in [2.45, 2.75) is 31.8 Å². The van der Waals surface area contributed by atoms with E-state index in [0.717, 1.165) is 17.0 Å². The van der Waals surface area contributed by atoms with Crippen LogP contribution in [0.15, 0.2) is 65.8 Å². The molecular formula is C21H24N4O3S. The van der Waals surface area contributed by atoms with Gasteiger partial charge in [-0.15, -0.1) is 0 Å². The fraction of sp³-hybridized carbons (Fsp3) is 0.238. The number of amides is 2. The SMILES string of the molecule is CCS(=O)(=O)c1cccc(NC(=O)NCc2cccc(Cn3ccnc3C)c2)c1. The molecule has 152 valence electrons. The van der Waals surface area contributed by atoms with Crippen molar-refractivity contribution in [3.8, 4) is 0 Å². The Hall–Kier alpha value is -3.13. The Kier molecular flexibility index (Phi) is 6.33. The average Bonchev–Trinajstić information content (AvgIpc) is 3.11. The minimum Gasteiger partial charge on any atom is -0.334 e. The summed E-state index contributed by atoms with van der Waals surface area (Å²) < 4.78 is 26.0.